The van der Waals surface area contributed by atoms with Gasteiger partial charge in [-0.2, -0.15) is 0 Å². The maximum Gasteiger partial charge on any atom is 0.210 e. The summed E-state index contributed by atoms with van der Waals surface area (Å²) < 4.78 is 1.01. The number of nitrogens with one attached hydrogen (secondary N) is 1. The average molecular weight is 265 g/mol. The Bertz CT molecular complexity index is 508. The highest BCUT2D eigenvalue weighted by atomic mass is 32.2. The van der Waals surface area contributed by atoms with Crippen LogP contribution < -0.4 is 5.32 Å². The summed E-state index contributed by atoms with van der Waals surface area (Å²) >= 11 is 3.31. The van der Waals surface area contributed by atoms with Crippen molar-refractivity contribution in [2.75, 3.05) is 11.1 Å². The number of anilines is 2. The molecule has 0 radical (unpaired) electrons. The van der Waals surface area contributed by atoms with Gasteiger partial charge >= 0.3 is 0 Å². The molecule has 0 spiro atoms. The first-order chi connectivity index (χ1) is 8.19. The number of rotatable bonds is 4. The van der Waals surface area contributed by atoms with Crippen molar-refractivity contribution in [1.82, 2.24) is 10.2 Å². The molecule has 90 valence electrons. The van der Waals surface area contributed by atoms with Gasteiger partial charge in [-0.1, -0.05) is 47.7 Å². The lowest BCUT2D eigenvalue weighted by Gasteiger charge is -2.06. The molecule has 1 aromatic carbocycles. The molecule has 0 unspecified atom stereocenters. The van der Waals surface area contributed by atoms with Crippen LogP contribution in [0, 0.1) is 13.8 Å². The minimum absolute atomic E-state index is 0.855. The maximum absolute atomic E-state index is 4.13. The van der Waals surface area contributed by atoms with Crippen LogP contribution in [0.4, 0.5) is 10.8 Å². The van der Waals surface area contributed by atoms with E-state index in [1.54, 1.807) is 23.1 Å². The molecule has 0 amide bonds. The third-order valence-electron chi connectivity index (χ3n) is 2.30. The highest BCUT2D eigenvalue weighted by Crippen LogP contribution is 2.28. The molecule has 0 aliphatic rings. The van der Waals surface area contributed by atoms with E-state index in [1.807, 2.05) is 0 Å². The van der Waals surface area contributed by atoms with E-state index in [0.717, 1.165) is 20.9 Å². The summed E-state index contributed by atoms with van der Waals surface area (Å²) in [6.45, 7) is 6.30. The Labute approximate surface area is 110 Å². The van der Waals surface area contributed by atoms with Gasteiger partial charge in [-0.15, -0.1) is 10.2 Å². The molecule has 2 rings (SSSR count). The molecule has 1 N–H and O–H groups in total. The van der Waals surface area contributed by atoms with Crippen LogP contribution in [-0.4, -0.2) is 16.0 Å². The van der Waals surface area contributed by atoms with Crippen LogP contribution in [0.15, 0.2) is 22.5 Å². The van der Waals surface area contributed by atoms with Crippen LogP contribution in [0.25, 0.3) is 0 Å². The summed E-state index contributed by atoms with van der Waals surface area (Å²) in [5.74, 6) is 1.03. The average Bonchev–Trinajstić information content (AvgIpc) is 2.71. The first-order valence-corrected chi connectivity index (χ1v) is 7.30. The van der Waals surface area contributed by atoms with Crippen molar-refractivity contribution in [1.29, 1.82) is 0 Å². The molecule has 1 aromatic heterocycles. The Morgan fingerprint density at radius 3 is 2.82 bits per heavy atom. The molecule has 0 saturated carbocycles. The molecule has 17 heavy (non-hydrogen) atoms. The van der Waals surface area contributed by atoms with Gasteiger partial charge < -0.3 is 5.32 Å². The lowest BCUT2D eigenvalue weighted by atomic mass is 10.1. The van der Waals surface area contributed by atoms with Gasteiger partial charge in [0, 0.05) is 5.69 Å². The van der Waals surface area contributed by atoms with E-state index in [2.05, 4.69) is 54.5 Å². The highest BCUT2D eigenvalue weighted by Gasteiger charge is 2.05. The van der Waals surface area contributed by atoms with Crippen molar-refractivity contribution in [3.8, 4) is 0 Å². The number of nitrogens with zero attached hydrogens (tertiary/aromatic N) is 2. The van der Waals surface area contributed by atoms with Gasteiger partial charge in [0.2, 0.25) is 5.13 Å². The Balaban J connectivity index is 2.13. The summed E-state index contributed by atoms with van der Waals surface area (Å²) in [5.41, 5.74) is 3.59. The molecule has 5 heteroatoms. The number of aromatic nitrogens is 2. The highest BCUT2D eigenvalue weighted by molar-refractivity contribution is 8.01. The molecule has 3 nitrogen and oxygen atoms in total. The van der Waals surface area contributed by atoms with Crippen molar-refractivity contribution in [2.24, 2.45) is 0 Å². The van der Waals surface area contributed by atoms with E-state index in [4.69, 9.17) is 0 Å². The Morgan fingerprint density at radius 1 is 1.29 bits per heavy atom. The third kappa shape index (κ3) is 3.20. The normalized spacial score (nSPS) is 10.5. The zero-order chi connectivity index (χ0) is 12.3. The second-order valence-corrected chi connectivity index (χ2v) is 6.24. The van der Waals surface area contributed by atoms with E-state index in [1.165, 1.54) is 11.1 Å². The number of benzene rings is 1. The van der Waals surface area contributed by atoms with Crippen molar-refractivity contribution in [3.05, 3.63) is 29.3 Å². The lowest BCUT2D eigenvalue weighted by molar-refractivity contribution is 1.01. The summed E-state index contributed by atoms with van der Waals surface area (Å²) in [6.07, 6.45) is 0. The molecular weight excluding hydrogens is 250 g/mol. The van der Waals surface area contributed by atoms with E-state index in [9.17, 15) is 0 Å². The first kappa shape index (κ1) is 12.4. The van der Waals surface area contributed by atoms with Gasteiger partial charge in [0.25, 0.3) is 0 Å². The zero-order valence-electron chi connectivity index (χ0n) is 10.2. The maximum atomic E-state index is 4.13. The van der Waals surface area contributed by atoms with Crippen LogP contribution in [-0.2, 0) is 0 Å². The van der Waals surface area contributed by atoms with E-state index < -0.39 is 0 Å². The summed E-state index contributed by atoms with van der Waals surface area (Å²) in [7, 11) is 0. The van der Waals surface area contributed by atoms with E-state index >= 15 is 0 Å². The van der Waals surface area contributed by atoms with Crippen molar-refractivity contribution in [2.45, 2.75) is 25.1 Å². The molecule has 2 aromatic rings. The zero-order valence-corrected chi connectivity index (χ0v) is 11.8. The monoisotopic (exact) mass is 265 g/mol. The van der Waals surface area contributed by atoms with E-state index in [0.29, 0.717) is 0 Å². The number of hydrogen-bond acceptors (Lipinski definition) is 5. The summed E-state index contributed by atoms with van der Waals surface area (Å²) in [6, 6.07) is 6.34. The van der Waals surface area contributed by atoms with Crippen LogP contribution in [0.1, 0.15) is 18.1 Å². The summed E-state index contributed by atoms with van der Waals surface area (Å²) in [4.78, 5) is 0. The van der Waals surface area contributed by atoms with Crippen LogP contribution in [0.3, 0.4) is 0 Å². The first-order valence-electron chi connectivity index (χ1n) is 5.49. The van der Waals surface area contributed by atoms with Gasteiger partial charge in [-0.25, -0.2) is 0 Å². The quantitative estimate of drug-likeness (QED) is 0.848. The molecule has 0 aliphatic carbocycles. The van der Waals surface area contributed by atoms with Crippen molar-refractivity contribution in [3.63, 3.8) is 0 Å². The van der Waals surface area contributed by atoms with Gasteiger partial charge in [0.15, 0.2) is 4.34 Å². The fraction of sp³-hybridized carbons (Fsp3) is 0.333. The minimum atomic E-state index is 0.855. The molecule has 0 aliphatic heterocycles. The van der Waals surface area contributed by atoms with Gasteiger partial charge in [0.1, 0.15) is 0 Å². The standard InChI is InChI=1S/C12H15N3S2/c1-4-16-12-15-14-11(17-12)13-10-6-5-8(2)7-9(10)3/h5-7H,4H2,1-3H3,(H,13,14). The Morgan fingerprint density at radius 2 is 2.12 bits per heavy atom. The lowest BCUT2D eigenvalue weighted by Crippen LogP contribution is -1.92. The fourth-order valence-electron chi connectivity index (χ4n) is 1.51. The predicted octanol–water partition coefficient (Wildman–Crippen LogP) is 4.01. The molecule has 0 bridgehead atoms. The van der Waals surface area contributed by atoms with E-state index in [-0.39, 0.29) is 0 Å². The molecule has 0 fully saturated rings. The predicted molar refractivity (Wildman–Crippen MR) is 75.5 cm³/mol. The second kappa shape index (κ2) is 5.51. The SMILES string of the molecule is CCSc1nnc(Nc2ccc(C)cc2C)s1. The fourth-order valence-corrected chi connectivity index (χ4v) is 3.17. The smallest absolute Gasteiger partial charge is 0.210 e. The van der Waals surface area contributed by atoms with Crippen molar-refractivity contribution < 1.29 is 0 Å². The summed E-state index contributed by atoms with van der Waals surface area (Å²) in [5, 5.41) is 12.4. The van der Waals surface area contributed by atoms with Gasteiger partial charge in [-0.3, -0.25) is 0 Å². The number of hydrogen-bond donors (Lipinski definition) is 1. The molecule has 1 heterocycles. The second-order valence-electron chi connectivity index (χ2n) is 3.75. The minimum Gasteiger partial charge on any atom is -0.330 e. The van der Waals surface area contributed by atoms with Crippen LogP contribution in [0.2, 0.25) is 0 Å². The third-order valence-corrected chi connectivity index (χ3v) is 4.15. The van der Waals surface area contributed by atoms with Crippen LogP contribution in [0.5, 0.6) is 0 Å². The molecule has 0 atom stereocenters. The largest absolute Gasteiger partial charge is 0.330 e. The van der Waals surface area contributed by atoms with Gasteiger partial charge in [-0.05, 0) is 31.2 Å². The topological polar surface area (TPSA) is 37.8 Å². The molecule has 0 saturated heterocycles. The van der Waals surface area contributed by atoms with Crippen molar-refractivity contribution >= 4 is 33.9 Å². The van der Waals surface area contributed by atoms with Crippen LogP contribution >= 0.6 is 23.1 Å². The van der Waals surface area contributed by atoms with Gasteiger partial charge in [0.05, 0.1) is 0 Å². The Kier molecular flexibility index (Phi) is 4.02. The Hall–Kier alpha value is -1.07. The number of aryl methyl sites for hydroxylation is 2. The molecular formula is C12H15N3S2. The number of thioether (sulfide) groups is 1.